The van der Waals surface area contributed by atoms with E-state index in [1.807, 2.05) is 13.8 Å². The van der Waals surface area contributed by atoms with Crippen molar-refractivity contribution >= 4 is 5.57 Å². The minimum Gasteiger partial charge on any atom is -0.493 e. The van der Waals surface area contributed by atoms with Gasteiger partial charge in [-0.05, 0) is 62.2 Å². The van der Waals surface area contributed by atoms with Crippen molar-refractivity contribution in [2.24, 2.45) is 11.8 Å². The summed E-state index contributed by atoms with van der Waals surface area (Å²) < 4.78 is 6.20. The average Bonchev–Trinajstić information content (AvgIpc) is 2.81. The summed E-state index contributed by atoms with van der Waals surface area (Å²) in [6.07, 6.45) is 6.12. The van der Waals surface area contributed by atoms with Gasteiger partial charge in [-0.3, -0.25) is 0 Å². The van der Waals surface area contributed by atoms with E-state index in [4.69, 9.17) is 4.74 Å². The Labute approximate surface area is 148 Å². The van der Waals surface area contributed by atoms with Gasteiger partial charge in [0.2, 0.25) is 0 Å². The summed E-state index contributed by atoms with van der Waals surface area (Å²) in [7, 11) is 0. The predicted molar refractivity (Wildman–Crippen MR) is 104 cm³/mol. The van der Waals surface area contributed by atoms with Crippen LogP contribution in [-0.2, 0) is 0 Å². The quantitative estimate of drug-likeness (QED) is 0.769. The Morgan fingerprint density at radius 2 is 1.79 bits per heavy atom. The number of allylic oxidation sites excluding steroid dienone is 1. The molecule has 2 heterocycles. The average molecular weight is 330 g/mol. The molecule has 0 bridgehead atoms. The van der Waals surface area contributed by atoms with Gasteiger partial charge < -0.3 is 10.1 Å². The molecule has 3 rings (SSSR count). The molecule has 134 valence electrons. The van der Waals surface area contributed by atoms with Crippen LogP contribution in [0.3, 0.4) is 0 Å². The van der Waals surface area contributed by atoms with Gasteiger partial charge in [0.05, 0.1) is 6.61 Å². The second-order valence-corrected chi connectivity index (χ2v) is 6.64. The van der Waals surface area contributed by atoms with Crippen LogP contribution in [0.2, 0.25) is 0 Å². The van der Waals surface area contributed by atoms with Crippen molar-refractivity contribution in [3.8, 4) is 5.75 Å². The van der Waals surface area contributed by atoms with Gasteiger partial charge in [0.15, 0.2) is 0 Å². The van der Waals surface area contributed by atoms with E-state index in [-0.39, 0.29) is 0 Å². The van der Waals surface area contributed by atoms with Crippen LogP contribution >= 0.6 is 0 Å². The Balaban J connectivity index is 0.00000100. The molecule has 2 nitrogen and oxygen atoms in total. The third kappa shape index (κ3) is 4.22. The normalized spacial score (nSPS) is 23.5. The molecule has 0 aromatic heterocycles. The van der Waals surface area contributed by atoms with E-state index in [1.54, 1.807) is 11.1 Å². The van der Waals surface area contributed by atoms with E-state index in [0.29, 0.717) is 11.8 Å². The minimum atomic E-state index is 0.643. The monoisotopic (exact) mass is 329 g/mol. The fourth-order valence-corrected chi connectivity index (χ4v) is 4.11. The number of para-hydroxylation sites is 1. The minimum absolute atomic E-state index is 0.643. The van der Waals surface area contributed by atoms with Gasteiger partial charge >= 0.3 is 0 Å². The Bertz CT molecular complexity index is 527. The van der Waals surface area contributed by atoms with Gasteiger partial charge in [-0.15, -0.1) is 0 Å². The topological polar surface area (TPSA) is 21.3 Å². The molecule has 2 atom stereocenters. The molecular formula is C22H35NO. The fourth-order valence-electron chi connectivity index (χ4n) is 4.11. The highest BCUT2D eigenvalue weighted by Gasteiger charge is 2.31. The molecule has 0 saturated carbocycles. The largest absolute Gasteiger partial charge is 0.493 e. The molecule has 2 heteroatoms. The Kier molecular flexibility index (Phi) is 7.84. The zero-order chi connectivity index (χ0) is 17.4. The van der Waals surface area contributed by atoms with Gasteiger partial charge in [-0.2, -0.15) is 0 Å². The second-order valence-electron chi connectivity index (χ2n) is 6.64. The van der Waals surface area contributed by atoms with Gasteiger partial charge in [0.25, 0.3) is 0 Å². The van der Waals surface area contributed by atoms with Crippen LogP contribution in [0.1, 0.15) is 65.4 Å². The molecule has 2 aliphatic heterocycles. The first kappa shape index (κ1) is 19.1. The van der Waals surface area contributed by atoms with Crippen LogP contribution in [0.25, 0.3) is 5.57 Å². The highest BCUT2D eigenvalue weighted by molar-refractivity contribution is 5.75. The molecule has 2 unspecified atom stereocenters. The number of ether oxygens (including phenoxy) is 1. The lowest BCUT2D eigenvalue weighted by atomic mass is 9.76. The molecule has 24 heavy (non-hydrogen) atoms. The van der Waals surface area contributed by atoms with Gasteiger partial charge in [0, 0.05) is 5.56 Å². The first-order chi connectivity index (χ1) is 11.8. The third-order valence-electron chi connectivity index (χ3n) is 5.28. The summed E-state index contributed by atoms with van der Waals surface area (Å²) >= 11 is 0. The molecule has 1 fully saturated rings. The first-order valence-electron chi connectivity index (χ1n) is 10.00. The van der Waals surface area contributed by atoms with E-state index < -0.39 is 0 Å². The lowest BCUT2D eigenvalue weighted by Gasteiger charge is -2.29. The summed E-state index contributed by atoms with van der Waals surface area (Å²) in [5, 5.41) is 3.50. The van der Waals surface area contributed by atoms with E-state index >= 15 is 0 Å². The number of hydrogen-bond acceptors (Lipinski definition) is 2. The Hall–Kier alpha value is -1.28. The molecule has 0 amide bonds. The lowest BCUT2D eigenvalue weighted by molar-refractivity contribution is 0.215. The Morgan fingerprint density at radius 3 is 2.46 bits per heavy atom. The van der Waals surface area contributed by atoms with Crippen LogP contribution in [0.5, 0.6) is 5.75 Å². The predicted octanol–water partition coefficient (Wildman–Crippen LogP) is 5.68. The number of hydrogen-bond donors (Lipinski definition) is 1. The molecule has 0 radical (unpaired) electrons. The maximum Gasteiger partial charge on any atom is 0.126 e. The van der Waals surface area contributed by atoms with E-state index in [0.717, 1.165) is 25.4 Å². The summed E-state index contributed by atoms with van der Waals surface area (Å²) in [5.74, 6) is 2.40. The summed E-state index contributed by atoms with van der Waals surface area (Å²) in [5.41, 5.74) is 4.67. The molecule has 0 aliphatic carbocycles. The SMILES string of the molecule is CC.CCCC1C(=C2CCNCC2)c2ccccc2OCC1CC. The van der Waals surface area contributed by atoms with Crippen LogP contribution in [-0.4, -0.2) is 19.7 Å². The van der Waals surface area contributed by atoms with Gasteiger partial charge in [0.1, 0.15) is 5.75 Å². The number of nitrogens with one attached hydrogen (secondary N) is 1. The van der Waals surface area contributed by atoms with Crippen molar-refractivity contribution in [3.63, 3.8) is 0 Å². The van der Waals surface area contributed by atoms with Crippen LogP contribution in [0.15, 0.2) is 29.8 Å². The molecule has 1 saturated heterocycles. The molecule has 1 aromatic rings. The standard InChI is InChI=1S/C20H29NO.C2H6/c1-3-7-17-15(4-2)14-22-19-9-6-5-8-18(19)20(17)16-10-12-21-13-11-16;1-2/h5-6,8-9,15,17,21H,3-4,7,10-14H2,1-2H3;1-2H3. The molecule has 1 aromatic carbocycles. The molecular weight excluding hydrogens is 294 g/mol. The summed E-state index contributed by atoms with van der Waals surface area (Å²) in [6.45, 7) is 11.7. The van der Waals surface area contributed by atoms with Crippen molar-refractivity contribution in [1.82, 2.24) is 5.32 Å². The van der Waals surface area contributed by atoms with E-state index in [2.05, 4.69) is 43.4 Å². The molecule has 1 N–H and O–H groups in total. The van der Waals surface area contributed by atoms with Gasteiger partial charge in [-0.1, -0.05) is 57.9 Å². The molecule has 0 spiro atoms. The van der Waals surface area contributed by atoms with Crippen LogP contribution in [0.4, 0.5) is 0 Å². The van der Waals surface area contributed by atoms with Crippen molar-refractivity contribution in [3.05, 3.63) is 35.4 Å². The smallest absolute Gasteiger partial charge is 0.126 e. The van der Waals surface area contributed by atoms with Crippen LogP contribution in [0, 0.1) is 11.8 Å². The van der Waals surface area contributed by atoms with Crippen LogP contribution < -0.4 is 10.1 Å². The number of piperidine rings is 1. The zero-order valence-corrected chi connectivity index (χ0v) is 16.0. The second kappa shape index (κ2) is 9.88. The first-order valence-corrected chi connectivity index (χ1v) is 10.00. The van der Waals surface area contributed by atoms with E-state index in [9.17, 15) is 0 Å². The number of rotatable bonds is 3. The Morgan fingerprint density at radius 1 is 1.08 bits per heavy atom. The van der Waals surface area contributed by atoms with E-state index in [1.165, 1.54) is 37.7 Å². The van der Waals surface area contributed by atoms with Crippen molar-refractivity contribution in [2.75, 3.05) is 19.7 Å². The van der Waals surface area contributed by atoms with Crippen molar-refractivity contribution < 1.29 is 4.74 Å². The van der Waals surface area contributed by atoms with Gasteiger partial charge in [-0.25, -0.2) is 0 Å². The number of fused-ring (bicyclic) bond motifs is 1. The third-order valence-corrected chi connectivity index (χ3v) is 5.28. The molecule has 2 aliphatic rings. The lowest BCUT2D eigenvalue weighted by Crippen LogP contribution is -2.26. The highest BCUT2D eigenvalue weighted by Crippen LogP contribution is 2.44. The highest BCUT2D eigenvalue weighted by atomic mass is 16.5. The maximum atomic E-state index is 6.20. The van der Waals surface area contributed by atoms with Crippen molar-refractivity contribution in [2.45, 2.75) is 59.8 Å². The summed E-state index contributed by atoms with van der Waals surface area (Å²) in [6, 6.07) is 8.70. The van der Waals surface area contributed by atoms with Crippen molar-refractivity contribution in [1.29, 1.82) is 0 Å². The summed E-state index contributed by atoms with van der Waals surface area (Å²) in [4.78, 5) is 0. The number of benzene rings is 1. The fraction of sp³-hybridized carbons (Fsp3) is 0.636. The maximum absolute atomic E-state index is 6.20. The zero-order valence-electron chi connectivity index (χ0n) is 16.0.